The minimum Gasteiger partial charge on any atom is -0.496 e. The fourth-order valence-corrected chi connectivity index (χ4v) is 4.94. The first kappa shape index (κ1) is 25.6. The molecule has 1 heterocycles. The van der Waals surface area contributed by atoms with Gasteiger partial charge < -0.3 is 14.8 Å². The number of halogens is 1. The molecule has 0 amide bonds. The first-order valence-corrected chi connectivity index (χ1v) is 12.6. The van der Waals surface area contributed by atoms with Crippen molar-refractivity contribution in [3.8, 4) is 5.75 Å². The van der Waals surface area contributed by atoms with E-state index in [-0.39, 0.29) is 6.54 Å². The average molecular weight is 492 g/mol. The first-order chi connectivity index (χ1) is 17.5. The van der Waals surface area contributed by atoms with E-state index >= 15 is 0 Å². The third kappa shape index (κ3) is 5.83. The SMILES string of the molecule is COC(=O)C(CNc1ccc2ccncc2c1N=CCC1CCCCC1)c1cc(F)c(C)cc1OC. The van der Waals surface area contributed by atoms with Crippen LogP contribution in [0.3, 0.4) is 0 Å². The molecule has 6 nitrogen and oxygen atoms in total. The summed E-state index contributed by atoms with van der Waals surface area (Å²) in [5.74, 6) is -0.527. The summed E-state index contributed by atoms with van der Waals surface area (Å²) in [6.45, 7) is 1.84. The van der Waals surface area contributed by atoms with Crippen molar-refractivity contribution in [3.05, 3.63) is 59.7 Å². The Hall–Kier alpha value is -3.48. The zero-order valence-electron chi connectivity index (χ0n) is 21.2. The van der Waals surface area contributed by atoms with Crippen LogP contribution in [0.2, 0.25) is 0 Å². The Bertz CT molecular complexity index is 1240. The number of ether oxygens (including phenoxy) is 2. The molecule has 1 saturated carbocycles. The van der Waals surface area contributed by atoms with Crippen LogP contribution in [-0.4, -0.2) is 37.9 Å². The number of aryl methyl sites for hydroxylation is 1. The van der Waals surface area contributed by atoms with Gasteiger partial charge in [0, 0.05) is 36.1 Å². The van der Waals surface area contributed by atoms with Crippen LogP contribution in [0, 0.1) is 18.7 Å². The van der Waals surface area contributed by atoms with Gasteiger partial charge in [0.2, 0.25) is 0 Å². The van der Waals surface area contributed by atoms with Crippen molar-refractivity contribution in [2.45, 2.75) is 51.4 Å². The molecule has 1 N–H and O–H groups in total. The average Bonchev–Trinajstić information content (AvgIpc) is 2.91. The van der Waals surface area contributed by atoms with E-state index in [0.29, 0.717) is 22.8 Å². The highest BCUT2D eigenvalue weighted by Crippen LogP contribution is 2.36. The van der Waals surface area contributed by atoms with Crippen molar-refractivity contribution >= 4 is 34.3 Å². The summed E-state index contributed by atoms with van der Waals surface area (Å²) in [5, 5.41) is 5.33. The normalized spacial score (nSPS) is 15.2. The molecule has 1 aromatic heterocycles. The van der Waals surface area contributed by atoms with Gasteiger partial charge in [-0.2, -0.15) is 0 Å². The van der Waals surface area contributed by atoms with Crippen LogP contribution in [0.15, 0.2) is 47.7 Å². The lowest BCUT2D eigenvalue weighted by Gasteiger charge is -2.21. The fraction of sp³-hybridized carbons (Fsp3) is 0.414. The van der Waals surface area contributed by atoms with Crippen molar-refractivity contribution in [1.82, 2.24) is 4.98 Å². The Morgan fingerprint density at radius 1 is 1.22 bits per heavy atom. The zero-order valence-corrected chi connectivity index (χ0v) is 21.2. The molecule has 1 aliphatic rings. The number of hydrogen-bond donors (Lipinski definition) is 1. The van der Waals surface area contributed by atoms with Gasteiger partial charge in [-0.25, -0.2) is 4.39 Å². The number of nitrogens with one attached hydrogen (secondary N) is 1. The van der Waals surface area contributed by atoms with Crippen LogP contribution in [0.25, 0.3) is 10.8 Å². The van der Waals surface area contributed by atoms with E-state index in [1.807, 2.05) is 30.6 Å². The van der Waals surface area contributed by atoms with Crippen molar-refractivity contribution in [2.24, 2.45) is 10.9 Å². The number of aliphatic imine (C=N–C) groups is 1. The lowest BCUT2D eigenvalue weighted by atomic mass is 9.87. The minimum absolute atomic E-state index is 0.183. The third-order valence-electron chi connectivity index (χ3n) is 7.05. The molecule has 0 bridgehead atoms. The summed E-state index contributed by atoms with van der Waals surface area (Å²) in [5.41, 5.74) is 2.44. The number of anilines is 1. The Kier molecular flexibility index (Phi) is 8.52. The second-order valence-corrected chi connectivity index (χ2v) is 9.41. The number of aromatic nitrogens is 1. The van der Waals surface area contributed by atoms with E-state index in [2.05, 4.69) is 10.3 Å². The van der Waals surface area contributed by atoms with Crippen LogP contribution in [0.5, 0.6) is 5.75 Å². The quantitative estimate of drug-likeness (QED) is 0.265. The second kappa shape index (κ2) is 12.0. The zero-order chi connectivity index (χ0) is 25.5. The third-order valence-corrected chi connectivity index (χ3v) is 7.05. The summed E-state index contributed by atoms with van der Waals surface area (Å²) in [6.07, 6.45) is 12.9. The Morgan fingerprint density at radius 3 is 2.78 bits per heavy atom. The minimum atomic E-state index is -0.774. The van der Waals surface area contributed by atoms with Crippen molar-refractivity contribution in [3.63, 3.8) is 0 Å². The van der Waals surface area contributed by atoms with Crippen LogP contribution in [0.4, 0.5) is 15.8 Å². The molecule has 0 spiro atoms. The molecular weight excluding hydrogens is 457 g/mol. The van der Waals surface area contributed by atoms with E-state index in [1.165, 1.54) is 52.4 Å². The van der Waals surface area contributed by atoms with Crippen molar-refractivity contribution < 1.29 is 18.7 Å². The lowest BCUT2D eigenvalue weighted by Crippen LogP contribution is -2.23. The maximum Gasteiger partial charge on any atom is 0.315 e. The van der Waals surface area contributed by atoms with Gasteiger partial charge in [-0.05, 0) is 54.5 Å². The van der Waals surface area contributed by atoms with Crippen LogP contribution in [-0.2, 0) is 9.53 Å². The number of fused-ring (bicyclic) bond motifs is 1. The summed E-state index contributed by atoms with van der Waals surface area (Å²) < 4.78 is 25.0. The number of nitrogens with zero attached hydrogens (tertiary/aromatic N) is 2. The first-order valence-electron chi connectivity index (χ1n) is 12.6. The molecule has 190 valence electrons. The summed E-state index contributed by atoms with van der Waals surface area (Å²) in [7, 11) is 2.84. The van der Waals surface area contributed by atoms with Gasteiger partial charge in [0.05, 0.1) is 25.6 Å². The number of rotatable bonds is 9. The highest BCUT2D eigenvalue weighted by Gasteiger charge is 2.26. The maximum absolute atomic E-state index is 14.5. The van der Waals surface area contributed by atoms with E-state index in [1.54, 1.807) is 19.2 Å². The van der Waals surface area contributed by atoms with Crippen LogP contribution < -0.4 is 10.1 Å². The summed E-state index contributed by atoms with van der Waals surface area (Å²) >= 11 is 0. The van der Waals surface area contributed by atoms with E-state index in [0.717, 1.165) is 28.6 Å². The molecule has 0 aliphatic heterocycles. The van der Waals surface area contributed by atoms with Gasteiger partial charge in [-0.15, -0.1) is 0 Å². The number of carbonyl (C=O) groups excluding carboxylic acids is 1. The van der Waals surface area contributed by atoms with Gasteiger partial charge in [0.1, 0.15) is 17.5 Å². The van der Waals surface area contributed by atoms with Gasteiger partial charge >= 0.3 is 5.97 Å². The smallest absolute Gasteiger partial charge is 0.315 e. The van der Waals surface area contributed by atoms with E-state index in [4.69, 9.17) is 14.5 Å². The summed E-state index contributed by atoms with van der Waals surface area (Å²) in [4.78, 5) is 21.9. The van der Waals surface area contributed by atoms with E-state index in [9.17, 15) is 9.18 Å². The topological polar surface area (TPSA) is 72.8 Å². The number of hydrogen-bond acceptors (Lipinski definition) is 6. The predicted molar refractivity (Wildman–Crippen MR) is 142 cm³/mol. The van der Waals surface area contributed by atoms with Crippen LogP contribution in [0.1, 0.15) is 55.6 Å². The lowest BCUT2D eigenvalue weighted by molar-refractivity contribution is -0.142. The van der Waals surface area contributed by atoms with Crippen LogP contribution >= 0.6 is 0 Å². The summed E-state index contributed by atoms with van der Waals surface area (Å²) in [6, 6.07) is 8.86. The Morgan fingerprint density at radius 2 is 2.03 bits per heavy atom. The van der Waals surface area contributed by atoms with Gasteiger partial charge in [-0.3, -0.25) is 14.8 Å². The number of carbonyl (C=O) groups is 1. The molecular formula is C29H34FN3O3. The van der Waals surface area contributed by atoms with Crippen molar-refractivity contribution in [2.75, 3.05) is 26.1 Å². The number of methoxy groups -OCH3 is 2. The molecule has 0 radical (unpaired) electrons. The highest BCUT2D eigenvalue weighted by atomic mass is 19.1. The van der Waals surface area contributed by atoms with Gasteiger partial charge in [0.15, 0.2) is 0 Å². The molecule has 1 aliphatic carbocycles. The molecule has 3 aromatic rings. The molecule has 4 rings (SSSR count). The number of benzene rings is 2. The number of esters is 1. The van der Waals surface area contributed by atoms with Crippen molar-refractivity contribution in [1.29, 1.82) is 0 Å². The second-order valence-electron chi connectivity index (χ2n) is 9.41. The monoisotopic (exact) mass is 491 g/mol. The Balaban J connectivity index is 1.64. The standard InChI is InChI=1S/C29H34FN3O3/c1-19-15-27(35-2)22(16-25(19)30)24(29(34)36-3)18-33-26-10-9-21-12-13-31-17-23(21)28(26)32-14-11-20-7-5-4-6-8-20/h9-10,12-17,20,24,33H,4-8,11,18H2,1-3H3. The van der Waals surface area contributed by atoms with E-state index < -0.39 is 17.7 Å². The van der Waals surface area contributed by atoms with Gasteiger partial charge in [0.25, 0.3) is 0 Å². The predicted octanol–water partition coefficient (Wildman–Crippen LogP) is 6.73. The molecule has 1 atom stereocenters. The maximum atomic E-state index is 14.5. The number of pyridine rings is 1. The largest absolute Gasteiger partial charge is 0.496 e. The molecule has 2 aromatic carbocycles. The fourth-order valence-electron chi connectivity index (χ4n) is 4.94. The van der Waals surface area contributed by atoms with Gasteiger partial charge in [-0.1, -0.05) is 38.2 Å². The molecule has 36 heavy (non-hydrogen) atoms. The highest BCUT2D eigenvalue weighted by molar-refractivity contribution is 5.99. The Labute approximate surface area is 211 Å². The molecule has 1 fully saturated rings. The molecule has 1 unspecified atom stereocenters. The molecule has 0 saturated heterocycles. The molecule has 7 heteroatoms.